The molecule has 0 unspecified atom stereocenters. The number of nitrogens with zero attached hydrogens (tertiary/aromatic N) is 2. The molecular formula is C18H18N4S2. The van der Waals surface area contributed by atoms with E-state index >= 15 is 0 Å². The summed E-state index contributed by atoms with van der Waals surface area (Å²) in [5.41, 5.74) is 4.65. The molecule has 0 saturated heterocycles. The summed E-state index contributed by atoms with van der Waals surface area (Å²) in [6.45, 7) is 5.84. The first-order valence-corrected chi connectivity index (χ1v) is 9.53. The van der Waals surface area contributed by atoms with Crippen LogP contribution in [0.15, 0.2) is 36.4 Å². The zero-order valence-electron chi connectivity index (χ0n) is 13.6. The van der Waals surface area contributed by atoms with Gasteiger partial charge in [-0.2, -0.15) is 0 Å². The van der Waals surface area contributed by atoms with Crippen LogP contribution in [0.5, 0.6) is 0 Å². The third-order valence-corrected chi connectivity index (χ3v) is 5.72. The second-order valence-corrected chi connectivity index (χ2v) is 7.90. The van der Waals surface area contributed by atoms with Crippen molar-refractivity contribution >= 4 is 53.4 Å². The fourth-order valence-corrected chi connectivity index (χ4v) is 4.53. The average molecular weight is 355 g/mol. The minimum atomic E-state index is 0.813. The molecule has 0 fully saturated rings. The SMILES string of the molecule is Cc1ccc2nc(NCCNc3nc4ccc(C)cc4s3)sc2c1. The second-order valence-electron chi connectivity index (χ2n) is 5.83. The average Bonchev–Trinajstić information content (AvgIpc) is 3.13. The van der Waals surface area contributed by atoms with Crippen LogP contribution in [0.4, 0.5) is 10.3 Å². The third-order valence-electron chi connectivity index (χ3n) is 3.77. The van der Waals surface area contributed by atoms with Crippen LogP contribution in [0.3, 0.4) is 0 Å². The molecule has 0 radical (unpaired) electrons. The van der Waals surface area contributed by atoms with Crippen LogP contribution in [0, 0.1) is 13.8 Å². The summed E-state index contributed by atoms with van der Waals surface area (Å²) >= 11 is 3.40. The molecule has 4 aromatic rings. The molecule has 0 aliphatic heterocycles. The summed E-state index contributed by atoms with van der Waals surface area (Å²) in [5.74, 6) is 0. The lowest BCUT2D eigenvalue weighted by Gasteiger charge is -2.03. The monoisotopic (exact) mass is 354 g/mol. The Labute approximate surface area is 148 Å². The molecule has 0 bridgehead atoms. The van der Waals surface area contributed by atoms with Crippen molar-refractivity contribution < 1.29 is 0 Å². The Morgan fingerprint density at radius 3 is 1.67 bits per heavy atom. The van der Waals surface area contributed by atoms with Crippen molar-refractivity contribution in [2.45, 2.75) is 13.8 Å². The molecular weight excluding hydrogens is 336 g/mol. The van der Waals surface area contributed by atoms with E-state index in [0.29, 0.717) is 0 Å². The van der Waals surface area contributed by atoms with Gasteiger partial charge in [-0.25, -0.2) is 9.97 Å². The molecule has 122 valence electrons. The molecule has 2 heterocycles. The number of hydrogen-bond acceptors (Lipinski definition) is 6. The predicted octanol–water partition coefficient (Wildman–Crippen LogP) is 5.05. The highest BCUT2D eigenvalue weighted by Crippen LogP contribution is 2.27. The van der Waals surface area contributed by atoms with Crippen LogP contribution in [-0.2, 0) is 0 Å². The zero-order valence-corrected chi connectivity index (χ0v) is 15.2. The molecule has 24 heavy (non-hydrogen) atoms. The Hall–Kier alpha value is -2.18. The van der Waals surface area contributed by atoms with Crippen LogP contribution >= 0.6 is 22.7 Å². The molecule has 4 nitrogen and oxygen atoms in total. The molecule has 2 aromatic carbocycles. The fraction of sp³-hybridized carbons (Fsp3) is 0.222. The van der Waals surface area contributed by atoms with E-state index in [1.165, 1.54) is 20.5 Å². The molecule has 0 aliphatic rings. The van der Waals surface area contributed by atoms with Gasteiger partial charge in [-0.1, -0.05) is 34.8 Å². The summed E-state index contributed by atoms with van der Waals surface area (Å²) < 4.78 is 2.46. The van der Waals surface area contributed by atoms with Crippen molar-refractivity contribution in [3.8, 4) is 0 Å². The first-order valence-electron chi connectivity index (χ1n) is 7.89. The van der Waals surface area contributed by atoms with E-state index < -0.39 is 0 Å². The van der Waals surface area contributed by atoms with Crippen molar-refractivity contribution in [1.29, 1.82) is 0 Å². The second kappa shape index (κ2) is 6.37. The van der Waals surface area contributed by atoms with Gasteiger partial charge in [0.25, 0.3) is 0 Å². The summed E-state index contributed by atoms with van der Waals surface area (Å²) in [5, 5.41) is 8.72. The molecule has 2 N–H and O–H groups in total. The van der Waals surface area contributed by atoms with E-state index in [4.69, 9.17) is 0 Å². The fourth-order valence-electron chi connectivity index (χ4n) is 2.55. The van der Waals surface area contributed by atoms with Gasteiger partial charge >= 0.3 is 0 Å². The van der Waals surface area contributed by atoms with E-state index in [-0.39, 0.29) is 0 Å². The topological polar surface area (TPSA) is 49.8 Å². The maximum atomic E-state index is 4.61. The van der Waals surface area contributed by atoms with E-state index in [0.717, 1.165) is 34.4 Å². The highest BCUT2D eigenvalue weighted by atomic mass is 32.1. The minimum Gasteiger partial charge on any atom is -0.360 e. The maximum Gasteiger partial charge on any atom is 0.183 e. The van der Waals surface area contributed by atoms with Gasteiger partial charge in [-0.15, -0.1) is 0 Å². The van der Waals surface area contributed by atoms with Gasteiger partial charge < -0.3 is 10.6 Å². The van der Waals surface area contributed by atoms with E-state index in [1.54, 1.807) is 22.7 Å². The smallest absolute Gasteiger partial charge is 0.183 e. The number of thiazole rings is 2. The van der Waals surface area contributed by atoms with Gasteiger partial charge in [0.05, 0.1) is 20.4 Å². The number of aryl methyl sites for hydroxylation is 2. The number of nitrogens with one attached hydrogen (secondary N) is 2. The Bertz CT molecular complexity index is 921. The van der Waals surface area contributed by atoms with E-state index in [1.807, 2.05) is 0 Å². The molecule has 0 saturated carbocycles. The van der Waals surface area contributed by atoms with E-state index in [9.17, 15) is 0 Å². The van der Waals surface area contributed by atoms with Crippen LogP contribution < -0.4 is 10.6 Å². The maximum absolute atomic E-state index is 4.61. The summed E-state index contributed by atoms with van der Waals surface area (Å²) in [4.78, 5) is 9.22. The van der Waals surface area contributed by atoms with Crippen LogP contribution in [0.2, 0.25) is 0 Å². The standard InChI is InChI=1S/C18H18N4S2/c1-11-3-5-13-15(9-11)23-17(21-13)19-7-8-20-18-22-14-6-4-12(2)10-16(14)24-18/h3-6,9-10H,7-8H2,1-2H3,(H,19,21)(H,20,22). The number of rotatable bonds is 5. The molecule has 2 aromatic heterocycles. The number of anilines is 2. The molecule has 0 spiro atoms. The van der Waals surface area contributed by atoms with E-state index in [2.05, 4.69) is 70.8 Å². The predicted molar refractivity (Wildman–Crippen MR) is 106 cm³/mol. The molecule has 6 heteroatoms. The quantitative estimate of drug-likeness (QED) is 0.493. The highest BCUT2D eigenvalue weighted by molar-refractivity contribution is 7.22. The van der Waals surface area contributed by atoms with Gasteiger partial charge in [0, 0.05) is 13.1 Å². The lowest BCUT2D eigenvalue weighted by atomic mass is 10.2. The summed E-state index contributed by atoms with van der Waals surface area (Å²) in [6.07, 6.45) is 0. The van der Waals surface area contributed by atoms with Gasteiger partial charge in [0.2, 0.25) is 0 Å². The van der Waals surface area contributed by atoms with Gasteiger partial charge in [-0.3, -0.25) is 0 Å². The number of aromatic nitrogens is 2. The minimum absolute atomic E-state index is 0.813. The van der Waals surface area contributed by atoms with Crippen LogP contribution in [0.25, 0.3) is 20.4 Å². The third kappa shape index (κ3) is 3.20. The zero-order chi connectivity index (χ0) is 16.5. The Kier molecular flexibility index (Phi) is 4.08. The highest BCUT2D eigenvalue weighted by Gasteiger charge is 2.05. The number of hydrogen-bond donors (Lipinski definition) is 2. The van der Waals surface area contributed by atoms with Crippen molar-refractivity contribution in [3.05, 3.63) is 47.5 Å². The Balaban J connectivity index is 1.36. The van der Waals surface area contributed by atoms with Crippen molar-refractivity contribution in [1.82, 2.24) is 9.97 Å². The molecule has 0 atom stereocenters. The normalized spacial score (nSPS) is 11.2. The van der Waals surface area contributed by atoms with Crippen LogP contribution in [0.1, 0.15) is 11.1 Å². The first kappa shape index (κ1) is 15.4. The number of fused-ring (bicyclic) bond motifs is 2. The molecule has 0 amide bonds. The van der Waals surface area contributed by atoms with Gasteiger partial charge in [0.1, 0.15) is 0 Å². The lowest BCUT2D eigenvalue weighted by Crippen LogP contribution is -2.13. The number of benzene rings is 2. The van der Waals surface area contributed by atoms with Gasteiger partial charge in [0.15, 0.2) is 10.3 Å². The van der Waals surface area contributed by atoms with Crippen LogP contribution in [-0.4, -0.2) is 23.1 Å². The first-order chi connectivity index (χ1) is 11.7. The summed E-state index contributed by atoms with van der Waals surface area (Å²) in [7, 11) is 0. The molecule has 0 aliphatic carbocycles. The lowest BCUT2D eigenvalue weighted by molar-refractivity contribution is 1.07. The largest absolute Gasteiger partial charge is 0.360 e. The van der Waals surface area contributed by atoms with Crippen molar-refractivity contribution in [2.75, 3.05) is 23.7 Å². The Morgan fingerprint density at radius 1 is 0.750 bits per heavy atom. The summed E-state index contributed by atoms with van der Waals surface area (Å²) in [6, 6.07) is 12.7. The Morgan fingerprint density at radius 2 is 1.21 bits per heavy atom. The molecule has 4 rings (SSSR count). The van der Waals surface area contributed by atoms with Crippen molar-refractivity contribution in [3.63, 3.8) is 0 Å². The van der Waals surface area contributed by atoms with Gasteiger partial charge in [-0.05, 0) is 49.2 Å². The van der Waals surface area contributed by atoms with Crippen molar-refractivity contribution in [2.24, 2.45) is 0 Å².